The first-order valence-corrected chi connectivity index (χ1v) is 6.89. The van der Waals surface area contributed by atoms with Gasteiger partial charge in [-0.3, -0.25) is 4.90 Å². The molecule has 1 aromatic carbocycles. The Balaban J connectivity index is 2.05. The van der Waals surface area contributed by atoms with Crippen molar-refractivity contribution in [2.75, 3.05) is 31.1 Å². The highest BCUT2D eigenvalue weighted by Gasteiger charge is 2.12. The second-order valence-electron chi connectivity index (χ2n) is 4.83. The lowest BCUT2D eigenvalue weighted by molar-refractivity contribution is 0.296. The van der Waals surface area contributed by atoms with Gasteiger partial charge >= 0.3 is 0 Å². The van der Waals surface area contributed by atoms with Crippen molar-refractivity contribution in [3.05, 3.63) is 29.8 Å². The largest absolute Gasteiger partial charge is 0.372 e. The molecular weight excluding hydrogens is 208 g/mol. The molecule has 0 aliphatic carbocycles. The molecule has 1 aromatic rings. The van der Waals surface area contributed by atoms with Crippen molar-refractivity contribution in [2.45, 2.75) is 33.2 Å². The van der Waals surface area contributed by atoms with Crippen LogP contribution < -0.4 is 4.90 Å². The summed E-state index contributed by atoms with van der Waals surface area (Å²) in [6, 6.07) is 9.06. The molecule has 1 fully saturated rings. The van der Waals surface area contributed by atoms with E-state index >= 15 is 0 Å². The van der Waals surface area contributed by atoms with E-state index in [9.17, 15) is 0 Å². The molecule has 17 heavy (non-hydrogen) atoms. The third-order valence-corrected chi connectivity index (χ3v) is 3.68. The molecule has 1 saturated heterocycles. The van der Waals surface area contributed by atoms with E-state index in [4.69, 9.17) is 0 Å². The van der Waals surface area contributed by atoms with Crippen molar-refractivity contribution in [3.63, 3.8) is 0 Å². The maximum Gasteiger partial charge on any atom is 0.0369 e. The molecule has 0 aromatic heterocycles. The molecule has 94 valence electrons. The van der Waals surface area contributed by atoms with Crippen LogP contribution in [0, 0.1) is 0 Å². The quantitative estimate of drug-likeness (QED) is 0.769. The van der Waals surface area contributed by atoms with Crippen LogP contribution >= 0.6 is 0 Å². The Bertz CT molecular complexity index is 339. The first kappa shape index (κ1) is 12.4. The minimum Gasteiger partial charge on any atom is -0.372 e. The summed E-state index contributed by atoms with van der Waals surface area (Å²) in [5, 5.41) is 0. The molecule has 0 unspecified atom stereocenters. The second-order valence-corrected chi connectivity index (χ2v) is 4.83. The molecule has 0 N–H and O–H groups in total. The second kappa shape index (κ2) is 6.06. The maximum absolute atomic E-state index is 2.51. The number of benzene rings is 1. The monoisotopic (exact) mass is 232 g/mol. The summed E-state index contributed by atoms with van der Waals surface area (Å²) in [5.41, 5.74) is 2.85. The molecule has 0 atom stereocenters. The topological polar surface area (TPSA) is 6.48 Å². The molecule has 0 saturated carbocycles. The van der Waals surface area contributed by atoms with Crippen LogP contribution in [0.15, 0.2) is 24.3 Å². The number of anilines is 1. The molecule has 1 aliphatic rings. The Morgan fingerprint density at radius 2 is 1.82 bits per heavy atom. The first-order valence-electron chi connectivity index (χ1n) is 6.89. The van der Waals surface area contributed by atoms with Crippen molar-refractivity contribution >= 4 is 5.69 Å². The van der Waals surface area contributed by atoms with Crippen LogP contribution in [0.5, 0.6) is 0 Å². The van der Waals surface area contributed by atoms with E-state index in [1.807, 2.05) is 0 Å². The molecule has 1 aliphatic heterocycles. The molecule has 0 bridgehead atoms. The minimum absolute atomic E-state index is 1.08. The predicted molar refractivity (Wildman–Crippen MR) is 74.5 cm³/mol. The number of rotatable bonds is 5. The highest BCUT2D eigenvalue weighted by atomic mass is 15.1. The highest BCUT2D eigenvalue weighted by molar-refractivity contribution is 5.49. The maximum atomic E-state index is 2.51. The van der Waals surface area contributed by atoms with Crippen molar-refractivity contribution in [1.82, 2.24) is 4.90 Å². The van der Waals surface area contributed by atoms with E-state index < -0.39 is 0 Å². The molecule has 2 nitrogen and oxygen atoms in total. The van der Waals surface area contributed by atoms with Crippen molar-refractivity contribution < 1.29 is 0 Å². The highest BCUT2D eigenvalue weighted by Crippen LogP contribution is 2.21. The van der Waals surface area contributed by atoms with Gasteiger partial charge in [0.25, 0.3) is 0 Å². The lowest BCUT2D eigenvalue weighted by Gasteiger charge is -2.21. The molecule has 0 spiro atoms. The van der Waals surface area contributed by atoms with Gasteiger partial charge in [-0.05, 0) is 43.6 Å². The molecule has 0 amide bonds. The van der Waals surface area contributed by atoms with E-state index in [0.29, 0.717) is 0 Å². The minimum atomic E-state index is 1.08. The summed E-state index contributed by atoms with van der Waals surface area (Å²) in [7, 11) is 0. The third kappa shape index (κ3) is 3.22. The zero-order valence-electron chi connectivity index (χ0n) is 11.2. The fourth-order valence-electron chi connectivity index (χ4n) is 2.53. The van der Waals surface area contributed by atoms with Crippen LogP contribution in [0.2, 0.25) is 0 Å². The van der Waals surface area contributed by atoms with Crippen LogP contribution in [0.4, 0.5) is 5.69 Å². The lowest BCUT2D eigenvalue weighted by Crippen LogP contribution is -2.22. The number of nitrogens with zero attached hydrogens (tertiary/aromatic N) is 2. The Kier molecular flexibility index (Phi) is 4.43. The standard InChI is InChI=1S/C15H24N2/c1-3-16(4-2)13-14-8-7-9-15(12-14)17-10-5-6-11-17/h7-9,12H,3-6,10-11,13H2,1-2H3. The van der Waals surface area contributed by atoms with Gasteiger partial charge in [-0.25, -0.2) is 0 Å². The molecule has 0 radical (unpaired) electrons. The Morgan fingerprint density at radius 1 is 1.12 bits per heavy atom. The molecular formula is C15H24N2. The molecule has 2 rings (SSSR count). The van der Waals surface area contributed by atoms with Gasteiger partial charge in [0, 0.05) is 25.3 Å². The van der Waals surface area contributed by atoms with E-state index in [-0.39, 0.29) is 0 Å². The van der Waals surface area contributed by atoms with Crippen molar-refractivity contribution in [2.24, 2.45) is 0 Å². The van der Waals surface area contributed by atoms with Crippen LogP contribution in [-0.4, -0.2) is 31.1 Å². The summed E-state index contributed by atoms with van der Waals surface area (Å²) in [4.78, 5) is 4.97. The Hall–Kier alpha value is -1.02. The van der Waals surface area contributed by atoms with Crippen LogP contribution in [0.25, 0.3) is 0 Å². The van der Waals surface area contributed by atoms with Gasteiger partial charge in [-0.1, -0.05) is 26.0 Å². The summed E-state index contributed by atoms with van der Waals surface area (Å²) < 4.78 is 0. The summed E-state index contributed by atoms with van der Waals surface area (Å²) in [6.07, 6.45) is 2.69. The van der Waals surface area contributed by atoms with Gasteiger partial charge in [0.15, 0.2) is 0 Å². The van der Waals surface area contributed by atoms with Crippen molar-refractivity contribution in [3.8, 4) is 0 Å². The van der Waals surface area contributed by atoms with Gasteiger partial charge in [-0.2, -0.15) is 0 Å². The average Bonchev–Trinajstić information content (AvgIpc) is 2.90. The number of hydrogen-bond donors (Lipinski definition) is 0. The summed E-state index contributed by atoms with van der Waals surface area (Å²) in [5.74, 6) is 0. The normalized spacial score (nSPS) is 15.8. The molecule has 1 heterocycles. The van der Waals surface area contributed by atoms with E-state index in [1.54, 1.807) is 0 Å². The zero-order valence-corrected chi connectivity index (χ0v) is 11.2. The zero-order chi connectivity index (χ0) is 12.1. The van der Waals surface area contributed by atoms with Crippen LogP contribution in [-0.2, 0) is 6.54 Å². The summed E-state index contributed by atoms with van der Waals surface area (Å²) >= 11 is 0. The van der Waals surface area contributed by atoms with Gasteiger partial charge < -0.3 is 4.90 Å². The molecule has 2 heteroatoms. The lowest BCUT2D eigenvalue weighted by atomic mass is 10.1. The van der Waals surface area contributed by atoms with Crippen LogP contribution in [0.1, 0.15) is 32.3 Å². The van der Waals surface area contributed by atoms with Crippen LogP contribution in [0.3, 0.4) is 0 Å². The van der Waals surface area contributed by atoms with E-state index in [2.05, 4.69) is 47.9 Å². The fraction of sp³-hybridized carbons (Fsp3) is 0.600. The van der Waals surface area contributed by atoms with Crippen molar-refractivity contribution in [1.29, 1.82) is 0 Å². The Morgan fingerprint density at radius 3 is 2.47 bits per heavy atom. The number of hydrogen-bond acceptors (Lipinski definition) is 2. The fourth-order valence-corrected chi connectivity index (χ4v) is 2.53. The van der Waals surface area contributed by atoms with Gasteiger partial charge in [0.05, 0.1) is 0 Å². The summed E-state index contributed by atoms with van der Waals surface area (Å²) in [6.45, 7) is 10.3. The third-order valence-electron chi connectivity index (χ3n) is 3.68. The first-order chi connectivity index (χ1) is 8.33. The van der Waals surface area contributed by atoms with E-state index in [0.717, 1.165) is 19.6 Å². The van der Waals surface area contributed by atoms with Gasteiger partial charge in [0.1, 0.15) is 0 Å². The van der Waals surface area contributed by atoms with E-state index in [1.165, 1.54) is 37.2 Å². The predicted octanol–water partition coefficient (Wildman–Crippen LogP) is 3.13. The average molecular weight is 232 g/mol. The van der Waals surface area contributed by atoms with Gasteiger partial charge in [0.2, 0.25) is 0 Å². The van der Waals surface area contributed by atoms with Gasteiger partial charge in [-0.15, -0.1) is 0 Å². The SMILES string of the molecule is CCN(CC)Cc1cccc(N2CCCC2)c1. The smallest absolute Gasteiger partial charge is 0.0369 e. The Labute approximate surface area is 105 Å².